The maximum atomic E-state index is 13.8. The van der Waals surface area contributed by atoms with Gasteiger partial charge in [0.15, 0.2) is 11.5 Å². The van der Waals surface area contributed by atoms with Gasteiger partial charge in [0.05, 0.1) is 24.4 Å². The number of hydrogen-bond acceptors (Lipinski definition) is 5. The lowest BCUT2D eigenvalue weighted by Gasteiger charge is -2.09. The van der Waals surface area contributed by atoms with E-state index in [1.54, 1.807) is 0 Å². The van der Waals surface area contributed by atoms with Crippen molar-refractivity contribution in [1.29, 1.82) is 0 Å². The third kappa shape index (κ3) is 4.84. The largest absolute Gasteiger partial charge is 0.454 e. The molecule has 0 atom stereocenters. The van der Waals surface area contributed by atoms with Gasteiger partial charge in [0.1, 0.15) is 17.9 Å². The van der Waals surface area contributed by atoms with Gasteiger partial charge in [-0.3, -0.25) is 9.78 Å². The molecule has 27 heavy (non-hydrogen) atoms. The van der Waals surface area contributed by atoms with E-state index in [0.717, 1.165) is 30.5 Å². The van der Waals surface area contributed by atoms with E-state index in [-0.39, 0.29) is 22.8 Å². The van der Waals surface area contributed by atoms with Gasteiger partial charge in [-0.25, -0.2) is 14.4 Å². The van der Waals surface area contributed by atoms with Crippen molar-refractivity contribution in [3.8, 4) is 11.5 Å². The third-order valence-electron chi connectivity index (χ3n) is 3.45. The number of halogens is 4. The van der Waals surface area contributed by atoms with Gasteiger partial charge < -0.3 is 4.74 Å². The molecule has 5 nitrogen and oxygen atoms in total. The first kappa shape index (κ1) is 18.4. The van der Waals surface area contributed by atoms with Crippen LogP contribution in [0.5, 0.6) is 11.5 Å². The molecule has 0 fully saturated rings. The number of nitrogens with zero attached hydrogens (tertiary/aromatic N) is 3. The molecule has 2 aromatic heterocycles. The van der Waals surface area contributed by atoms with Gasteiger partial charge in [0, 0.05) is 23.5 Å². The summed E-state index contributed by atoms with van der Waals surface area (Å²) in [6.07, 6.45) is 0.00788. The molecule has 0 N–H and O–H groups in total. The molecular formula is C18H11F4N3O2. The fourth-order valence-corrected chi connectivity index (χ4v) is 2.27. The van der Waals surface area contributed by atoms with E-state index in [1.807, 2.05) is 0 Å². The summed E-state index contributed by atoms with van der Waals surface area (Å²) in [6, 6.07) is 4.92. The summed E-state index contributed by atoms with van der Waals surface area (Å²) in [5, 5.41) is 0. The monoisotopic (exact) mass is 377 g/mol. The number of ether oxygens (including phenoxy) is 1. The van der Waals surface area contributed by atoms with Crippen LogP contribution in [0.15, 0.2) is 55.2 Å². The van der Waals surface area contributed by atoms with Crippen molar-refractivity contribution in [2.24, 2.45) is 0 Å². The van der Waals surface area contributed by atoms with Crippen LogP contribution in [0.4, 0.5) is 17.6 Å². The van der Waals surface area contributed by atoms with Crippen LogP contribution < -0.4 is 4.74 Å². The molecule has 0 bridgehead atoms. The zero-order valence-corrected chi connectivity index (χ0v) is 13.6. The van der Waals surface area contributed by atoms with Crippen molar-refractivity contribution in [3.05, 3.63) is 77.9 Å². The van der Waals surface area contributed by atoms with Crippen LogP contribution in [-0.2, 0) is 12.6 Å². The summed E-state index contributed by atoms with van der Waals surface area (Å²) in [4.78, 5) is 23.6. The van der Waals surface area contributed by atoms with Crippen LogP contribution in [0.2, 0.25) is 0 Å². The molecule has 0 amide bonds. The molecule has 3 aromatic rings. The number of aromatic nitrogens is 3. The normalized spacial score (nSPS) is 11.3. The van der Waals surface area contributed by atoms with Crippen molar-refractivity contribution in [2.45, 2.75) is 12.6 Å². The lowest BCUT2D eigenvalue weighted by molar-refractivity contribution is -0.137. The second-order valence-electron chi connectivity index (χ2n) is 5.49. The number of benzene rings is 1. The standard InChI is InChI=1S/C18H11F4N3O2/c19-13-3-11(4-15(6-13)27-16-8-23-10-24-9-16)17(26)7-14-5-12(1-2-25-14)18(20,21)22/h1-6,8-10H,7H2. The van der Waals surface area contributed by atoms with E-state index in [0.29, 0.717) is 0 Å². The topological polar surface area (TPSA) is 65.0 Å². The molecule has 0 spiro atoms. The van der Waals surface area contributed by atoms with Gasteiger partial charge in [-0.1, -0.05) is 0 Å². The SMILES string of the molecule is O=C(Cc1cc(C(F)(F)F)ccn1)c1cc(F)cc(Oc2cncnc2)c1. The Kier molecular flexibility index (Phi) is 5.11. The summed E-state index contributed by atoms with van der Waals surface area (Å²) >= 11 is 0. The zero-order chi connectivity index (χ0) is 19.4. The first-order valence-corrected chi connectivity index (χ1v) is 7.60. The average Bonchev–Trinajstić information content (AvgIpc) is 2.61. The highest BCUT2D eigenvalue weighted by atomic mass is 19.4. The number of carbonyl (C=O) groups excluding carboxylic acids is 1. The van der Waals surface area contributed by atoms with Gasteiger partial charge >= 0.3 is 6.18 Å². The molecular weight excluding hydrogens is 366 g/mol. The highest BCUT2D eigenvalue weighted by Gasteiger charge is 2.30. The Morgan fingerprint density at radius 2 is 1.78 bits per heavy atom. The van der Waals surface area contributed by atoms with Crippen molar-refractivity contribution in [3.63, 3.8) is 0 Å². The summed E-state index contributed by atoms with van der Waals surface area (Å²) in [5.41, 5.74) is -1.04. The van der Waals surface area contributed by atoms with Crippen molar-refractivity contribution in [2.75, 3.05) is 0 Å². The maximum absolute atomic E-state index is 13.8. The summed E-state index contributed by atoms with van der Waals surface area (Å²) in [6.45, 7) is 0. The number of rotatable bonds is 5. The second-order valence-corrected chi connectivity index (χ2v) is 5.49. The second kappa shape index (κ2) is 7.48. The number of Topliss-reactive ketones (excluding diaryl/α,β-unsaturated/α-hetero) is 1. The van der Waals surface area contributed by atoms with Crippen LogP contribution in [-0.4, -0.2) is 20.7 Å². The van der Waals surface area contributed by atoms with E-state index in [2.05, 4.69) is 15.0 Å². The van der Waals surface area contributed by atoms with E-state index >= 15 is 0 Å². The first-order chi connectivity index (χ1) is 12.8. The van der Waals surface area contributed by atoms with Crippen molar-refractivity contribution >= 4 is 5.78 Å². The lowest BCUT2D eigenvalue weighted by Crippen LogP contribution is -2.09. The van der Waals surface area contributed by atoms with E-state index < -0.39 is 29.8 Å². The predicted molar refractivity (Wildman–Crippen MR) is 85.8 cm³/mol. The quantitative estimate of drug-likeness (QED) is 0.491. The fourth-order valence-electron chi connectivity index (χ4n) is 2.27. The van der Waals surface area contributed by atoms with Crippen molar-refractivity contribution in [1.82, 2.24) is 15.0 Å². The Balaban J connectivity index is 1.81. The first-order valence-electron chi connectivity index (χ1n) is 7.60. The fraction of sp³-hybridized carbons (Fsp3) is 0.111. The minimum Gasteiger partial charge on any atom is -0.454 e. The molecule has 0 radical (unpaired) electrons. The number of ketones is 1. The highest BCUT2D eigenvalue weighted by Crippen LogP contribution is 2.29. The van der Waals surface area contributed by atoms with E-state index in [1.165, 1.54) is 24.8 Å². The van der Waals surface area contributed by atoms with Gasteiger partial charge in [-0.05, 0) is 24.3 Å². The average molecular weight is 377 g/mol. The molecule has 0 aliphatic carbocycles. The van der Waals surface area contributed by atoms with Crippen LogP contribution in [0.1, 0.15) is 21.6 Å². The zero-order valence-electron chi connectivity index (χ0n) is 13.6. The molecule has 0 unspecified atom stereocenters. The Morgan fingerprint density at radius 3 is 2.48 bits per heavy atom. The minimum absolute atomic E-state index is 0.0325. The molecule has 0 saturated heterocycles. The summed E-state index contributed by atoms with van der Waals surface area (Å²) in [7, 11) is 0. The van der Waals surface area contributed by atoms with Gasteiger partial charge in [-0.2, -0.15) is 13.2 Å². The predicted octanol–water partition coefficient (Wildman–Crippen LogP) is 4.25. The minimum atomic E-state index is -4.54. The number of pyridine rings is 1. The maximum Gasteiger partial charge on any atom is 0.416 e. The number of alkyl halides is 3. The molecule has 1 aromatic carbocycles. The summed E-state index contributed by atoms with van der Waals surface area (Å²) < 4.78 is 57.5. The van der Waals surface area contributed by atoms with Gasteiger partial charge in [-0.15, -0.1) is 0 Å². The molecule has 2 heterocycles. The van der Waals surface area contributed by atoms with Crippen molar-refractivity contribution < 1.29 is 27.1 Å². The molecule has 3 rings (SSSR count). The van der Waals surface area contributed by atoms with E-state index in [9.17, 15) is 22.4 Å². The number of hydrogen-bond donors (Lipinski definition) is 0. The van der Waals surface area contributed by atoms with Crippen LogP contribution in [0, 0.1) is 5.82 Å². The Morgan fingerprint density at radius 1 is 1.04 bits per heavy atom. The molecule has 0 aliphatic heterocycles. The Labute approximate surface area is 150 Å². The van der Waals surface area contributed by atoms with Gasteiger partial charge in [0.25, 0.3) is 0 Å². The lowest BCUT2D eigenvalue weighted by atomic mass is 10.0. The molecule has 9 heteroatoms. The highest BCUT2D eigenvalue weighted by molar-refractivity contribution is 5.97. The van der Waals surface area contributed by atoms with Crippen LogP contribution >= 0.6 is 0 Å². The smallest absolute Gasteiger partial charge is 0.416 e. The van der Waals surface area contributed by atoms with Gasteiger partial charge in [0.2, 0.25) is 0 Å². The molecule has 138 valence electrons. The molecule has 0 aliphatic rings. The van der Waals surface area contributed by atoms with Crippen LogP contribution in [0.3, 0.4) is 0 Å². The number of carbonyl (C=O) groups is 1. The van der Waals surface area contributed by atoms with E-state index in [4.69, 9.17) is 4.74 Å². The Hall–Kier alpha value is -3.36. The summed E-state index contributed by atoms with van der Waals surface area (Å²) in [5.74, 6) is -1.06. The Bertz CT molecular complexity index is 962. The third-order valence-corrected chi connectivity index (χ3v) is 3.45. The van der Waals surface area contributed by atoms with Crippen LogP contribution in [0.25, 0.3) is 0 Å². The molecule has 0 saturated carbocycles.